The number of imide groups is 1. The van der Waals surface area contributed by atoms with E-state index < -0.39 is 28.8 Å². The number of carbonyl (C=O) groups is 3. The first-order valence-corrected chi connectivity index (χ1v) is 13.7. The molecule has 3 aromatic carbocycles. The number of rotatable bonds is 6. The van der Waals surface area contributed by atoms with Crippen LogP contribution in [-0.2, 0) is 14.4 Å². The van der Waals surface area contributed by atoms with Crippen LogP contribution in [-0.4, -0.2) is 34.6 Å². The monoisotopic (exact) mass is 561 g/mol. The summed E-state index contributed by atoms with van der Waals surface area (Å²) in [5.41, 5.74) is 1.72. The second-order valence-corrected chi connectivity index (χ2v) is 11.2. The molecule has 39 heavy (non-hydrogen) atoms. The predicted octanol–water partition coefficient (Wildman–Crippen LogP) is 4.39. The number of nitrogens with zero attached hydrogens (tertiary/aromatic N) is 1. The summed E-state index contributed by atoms with van der Waals surface area (Å²) in [5.74, 6) is -2.18. The number of thioether (sulfide) groups is 1. The molecule has 1 aromatic heterocycles. The first kappa shape index (κ1) is 25.1. The van der Waals surface area contributed by atoms with Gasteiger partial charge in [0.1, 0.15) is 16.8 Å². The highest BCUT2D eigenvalue weighted by Gasteiger charge is 2.56. The lowest BCUT2D eigenvalue weighted by Gasteiger charge is -2.29. The Morgan fingerprint density at radius 2 is 1.67 bits per heavy atom. The molecule has 3 atom stereocenters. The maximum absolute atomic E-state index is 13.7. The molecule has 0 spiro atoms. The summed E-state index contributed by atoms with van der Waals surface area (Å²) in [6, 6.07) is 21.1. The number of anilines is 2. The molecule has 2 aliphatic rings. The lowest BCUT2D eigenvalue weighted by Crippen LogP contribution is -2.32. The van der Waals surface area contributed by atoms with Crippen molar-refractivity contribution in [1.29, 1.82) is 0 Å². The first-order valence-electron chi connectivity index (χ1n) is 12.0. The van der Waals surface area contributed by atoms with Crippen molar-refractivity contribution in [2.24, 2.45) is 5.92 Å². The molecule has 3 amide bonds. The zero-order chi connectivity index (χ0) is 27.1. The third kappa shape index (κ3) is 4.75. The SMILES string of the molecule is O=C(COc1ccc([C@@H]2c3sc(=O)[nH]c3S[C@H]3C(=O)N(c4ccccc4)C(=O)[C@@H]23)cc1)Nc1ccc(F)cc1. The van der Waals surface area contributed by atoms with Crippen LogP contribution >= 0.6 is 23.1 Å². The predicted molar refractivity (Wildman–Crippen MR) is 146 cm³/mol. The quantitative estimate of drug-likeness (QED) is 0.338. The van der Waals surface area contributed by atoms with Gasteiger partial charge in [-0.15, -0.1) is 0 Å². The number of aromatic amines is 1. The summed E-state index contributed by atoms with van der Waals surface area (Å²) >= 11 is 2.27. The highest BCUT2D eigenvalue weighted by atomic mass is 32.2. The first-order chi connectivity index (χ1) is 18.9. The molecule has 0 radical (unpaired) electrons. The Labute approximate surface area is 229 Å². The van der Waals surface area contributed by atoms with Gasteiger partial charge in [-0.25, -0.2) is 9.29 Å². The average Bonchev–Trinajstić information content (AvgIpc) is 3.43. The lowest BCUT2D eigenvalue weighted by atomic mass is 9.83. The Bertz CT molecular complexity index is 1620. The Balaban J connectivity index is 1.24. The van der Waals surface area contributed by atoms with Crippen LogP contribution in [0.2, 0.25) is 0 Å². The number of halogens is 1. The van der Waals surface area contributed by atoms with Gasteiger partial charge in [0.25, 0.3) is 5.91 Å². The number of carbonyl (C=O) groups excluding carboxylic acids is 3. The third-order valence-corrected chi connectivity index (χ3v) is 8.98. The molecule has 3 heterocycles. The van der Waals surface area contributed by atoms with Crippen LogP contribution in [0.4, 0.5) is 15.8 Å². The largest absolute Gasteiger partial charge is 0.484 e. The number of para-hydroxylation sites is 1. The molecule has 196 valence electrons. The molecule has 0 aliphatic carbocycles. The Morgan fingerprint density at radius 3 is 2.38 bits per heavy atom. The van der Waals surface area contributed by atoms with Crippen LogP contribution in [0, 0.1) is 11.7 Å². The number of hydrogen-bond acceptors (Lipinski definition) is 7. The van der Waals surface area contributed by atoms with Crippen LogP contribution in [0.1, 0.15) is 16.4 Å². The number of aromatic nitrogens is 1. The zero-order valence-electron chi connectivity index (χ0n) is 20.1. The number of H-pyrrole nitrogens is 1. The molecule has 0 unspecified atom stereocenters. The van der Waals surface area contributed by atoms with Crippen LogP contribution in [0.3, 0.4) is 0 Å². The van der Waals surface area contributed by atoms with E-state index in [4.69, 9.17) is 4.74 Å². The molecule has 11 heteroatoms. The molecule has 4 aromatic rings. The fraction of sp³-hybridized carbons (Fsp3) is 0.143. The van der Waals surface area contributed by atoms with Gasteiger partial charge in [0.15, 0.2) is 6.61 Å². The summed E-state index contributed by atoms with van der Waals surface area (Å²) < 4.78 is 18.7. The van der Waals surface area contributed by atoms with Crippen LogP contribution in [0.25, 0.3) is 0 Å². The lowest BCUT2D eigenvalue weighted by molar-refractivity contribution is -0.122. The van der Waals surface area contributed by atoms with Gasteiger partial charge in [0, 0.05) is 16.5 Å². The second-order valence-electron chi connectivity index (χ2n) is 9.01. The number of benzene rings is 3. The minimum Gasteiger partial charge on any atom is -0.484 e. The molecule has 1 fully saturated rings. The summed E-state index contributed by atoms with van der Waals surface area (Å²) in [7, 11) is 0. The fourth-order valence-corrected chi connectivity index (χ4v) is 7.37. The van der Waals surface area contributed by atoms with Crippen molar-refractivity contribution >= 4 is 52.2 Å². The second kappa shape index (κ2) is 10.2. The summed E-state index contributed by atoms with van der Waals surface area (Å²) in [6.45, 7) is -0.260. The van der Waals surface area contributed by atoms with Gasteiger partial charge in [-0.05, 0) is 54.1 Å². The maximum atomic E-state index is 13.7. The van der Waals surface area contributed by atoms with Gasteiger partial charge in [-0.2, -0.15) is 0 Å². The summed E-state index contributed by atoms with van der Waals surface area (Å²) in [4.78, 5) is 56.1. The van der Waals surface area contributed by atoms with E-state index >= 15 is 0 Å². The zero-order valence-corrected chi connectivity index (χ0v) is 21.8. The highest BCUT2D eigenvalue weighted by Crippen LogP contribution is 2.53. The molecule has 0 bridgehead atoms. The fourth-order valence-electron chi connectivity index (χ4n) is 4.86. The smallest absolute Gasteiger partial charge is 0.305 e. The summed E-state index contributed by atoms with van der Waals surface area (Å²) in [5, 5.41) is 2.56. The average molecular weight is 562 g/mol. The molecule has 2 aliphatic heterocycles. The topological polar surface area (TPSA) is 109 Å². The number of ether oxygens (including phenoxy) is 1. The van der Waals surface area contributed by atoms with Crippen LogP contribution < -0.4 is 19.8 Å². The maximum Gasteiger partial charge on any atom is 0.305 e. The van der Waals surface area contributed by atoms with E-state index in [1.54, 1.807) is 48.5 Å². The number of amides is 3. The molecule has 6 rings (SSSR count). The van der Waals surface area contributed by atoms with E-state index in [0.29, 0.717) is 22.2 Å². The van der Waals surface area contributed by atoms with Crippen LogP contribution in [0.15, 0.2) is 88.7 Å². The van der Waals surface area contributed by atoms with Gasteiger partial charge in [0.05, 0.1) is 16.6 Å². The Morgan fingerprint density at radius 1 is 0.949 bits per heavy atom. The number of nitrogens with one attached hydrogen (secondary N) is 2. The van der Waals surface area contributed by atoms with E-state index in [9.17, 15) is 23.6 Å². The van der Waals surface area contributed by atoms with E-state index in [-0.39, 0.29) is 23.3 Å². The molecular weight excluding hydrogens is 541 g/mol. The van der Waals surface area contributed by atoms with Gasteiger partial charge in [-0.1, -0.05) is 53.4 Å². The molecule has 8 nitrogen and oxygen atoms in total. The standard InChI is InChI=1S/C28H20FN3O5S2/c29-16-8-10-17(11-9-16)30-20(33)14-37-19-12-6-15(7-13-19)21-22-24(38-25-23(21)39-28(36)31-25)27(35)32(26(22)34)18-4-2-1-3-5-18/h1-13,21-22,24H,14H2,(H,30,33)(H,31,36)/t21-,22-,24+/m0/s1. The number of hydrogen-bond donors (Lipinski definition) is 2. The van der Waals surface area contributed by atoms with Crippen molar-refractivity contribution in [2.45, 2.75) is 16.2 Å². The van der Waals surface area contributed by atoms with Crippen molar-refractivity contribution in [2.75, 3.05) is 16.8 Å². The normalized spacial score (nSPS) is 19.9. The number of thiazole rings is 1. The highest BCUT2D eigenvalue weighted by molar-refractivity contribution is 8.00. The van der Waals surface area contributed by atoms with Gasteiger partial charge in [-0.3, -0.25) is 19.2 Å². The van der Waals surface area contributed by atoms with E-state index in [1.807, 2.05) is 6.07 Å². The molecule has 2 N–H and O–H groups in total. The van der Waals surface area contributed by atoms with Crippen molar-refractivity contribution in [3.63, 3.8) is 0 Å². The summed E-state index contributed by atoms with van der Waals surface area (Å²) in [6.07, 6.45) is 0. The third-order valence-electron chi connectivity index (χ3n) is 6.58. The van der Waals surface area contributed by atoms with Gasteiger partial charge < -0.3 is 15.0 Å². The molecule has 0 saturated carbocycles. The Hall–Kier alpha value is -4.22. The molecule has 1 saturated heterocycles. The Kier molecular flexibility index (Phi) is 6.53. The minimum atomic E-state index is -0.685. The van der Waals surface area contributed by atoms with Crippen molar-refractivity contribution in [1.82, 2.24) is 4.98 Å². The van der Waals surface area contributed by atoms with E-state index in [2.05, 4.69) is 10.3 Å². The van der Waals surface area contributed by atoms with Gasteiger partial charge >= 0.3 is 4.87 Å². The van der Waals surface area contributed by atoms with Crippen LogP contribution in [0.5, 0.6) is 5.75 Å². The van der Waals surface area contributed by atoms with Gasteiger partial charge in [0.2, 0.25) is 11.8 Å². The molecular formula is C28H20FN3O5S2. The van der Waals surface area contributed by atoms with E-state index in [0.717, 1.165) is 21.8 Å². The van der Waals surface area contributed by atoms with Crippen molar-refractivity contribution < 1.29 is 23.5 Å². The van der Waals surface area contributed by atoms with Crippen molar-refractivity contribution in [3.8, 4) is 5.75 Å². The van der Waals surface area contributed by atoms with Crippen molar-refractivity contribution in [3.05, 3.63) is 105 Å². The number of fused-ring (bicyclic) bond motifs is 2. The minimum absolute atomic E-state index is 0.246. The van der Waals surface area contributed by atoms with E-state index in [1.165, 1.54) is 40.9 Å².